The number of hydrogen-bond acceptors (Lipinski definition) is 3. The Labute approximate surface area is 76.7 Å². The van der Waals surface area contributed by atoms with Gasteiger partial charge in [-0.15, -0.1) is 0 Å². The quantitative estimate of drug-likeness (QED) is 0.446. The molecule has 1 aromatic rings. The minimum atomic E-state index is -1.38. The van der Waals surface area contributed by atoms with Crippen LogP contribution in [0, 0.1) is 17.5 Å². The molecule has 0 aliphatic carbocycles. The van der Waals surface area contributed by atoms with Crippen LogP contribution in [0.4, 0.5) is 13.2 Å². The van der Waals surface area contributed by atoms with Crippen LogP contribution in [0.5, 0.6) is 5.75 Å². The minimum Gasteiger partial charge on any atom is -0.422 e. The van der Waals surface area contributed by atoms with Gasteiger partial charge in [-0.3, -0.25) is 0 Å². The molecule has 0 aliphatic rings. The molecule has 0 fully saturated rings. The van der Waals surface area contributed by atoms with Gasteiger partial charge in [0.25, 0.3) is 0 Å². The topological polar surface area (TPSA) is 46.5 Å². The number of aliphatic hydroxyl groups excluding tert-OH is 1. The van der Waals surface area contributed by atoms with Crippen molar-refractivity contribution in [3.05, 3.63) is 29.6 Å². The molecule has 0 saturated heterocycles. The standard InChI is InChI=1S/C8H5F3O3/c9-4-1-6(11)7(2-5(4)10)14-8(13)3-12/h1-2,12H,3H2. The summed E-state index contributed by atoms with van der Waals surface area (Å²) in [5, 5.41) is 8.25. The highest BCUT2D eigenvalue weighted by atomic mass is 19.2. The normalized spacial score (nSPS) is 10.0. The van der Waals surface area contributed by atoms with E-state index in [2.05, 4.69) is 4.74 Å². The second-order valence-electron chi connectivity index (χ2n) is 2.33. The Bertz CT molecular complexity index is 365. The Morgan fingerprint density at radius 3 is 2.36 bits per heavy atom. The van der Waals surface area contributed by atoms with Crippen LogP contribution in [-0.2, 0) is 4.79 Å². The molecule has 0 atom stereocenters. The van der Waals surface area contributed by atoms with Crippen LogP contribution in [0.15, 0.2) is 12.1 Å². The molecule has 0 spiro atoms. The molecule has 14 heavy (non-hydrogen) atoms. The maximum absolute atomic E-state index is 12.8. The van der Waals surface area contributed by atoms with E-state index in [-0.39, 0.29) is 6.07 Å². The third kappa shape index (κ3) is 2.23. The number of halogens is 3. The van der Waals surface area contributed by atoms with E-state index >= 15 is 0 Å². The van der Waals surface area contributed by atoms with Crippen molar-refractivity contribution in [1.29, 1.82) is 0 Å². The number of carbonyl (C=O) groups is 1. The predicted octanol–water partition coefficient (Wildman–Crippen LogP) is 1.00. The largest absolute Gasteiger partial charge is 0.422 e. The van der Waals surface area contributed by atoms with Gasteiger partial charge in [-0.1, -0.05) is 0 Å². The van der Waals surface area contributed by atoms with Crippen molar-refractivity contribution in [2.24, 2.45) is 0 Å². The van der Waals surface area contributed by atoms with Crippen LogP contribution >= 0.6 is 0 Å². The molecule has 76 valence electrons. The van der Waals surface area contributed by atoms with Gasteiger partial charge >= 0.3 is 5.97 Å². The van der Waals surface area contributed by atoms with Gasteiger partial charge in [0.15, 0.2) is 23.2 Å². The van der Waals surface area contributed by atoms with Crippen LogP contribution in [0.3, 0.4) is 0 Å². The Hall–Kier alpha value is -1.56. The maximum atomic E-state index is 12.8. The number of carbonyl (C=O) groups excluding carboxylic acids is 1. The Kier molecular flexibility index (Phi) is 3.08. The summed E-state index contributed by atoms with van der Waals surface area (Å²) in [6.45, 7) is -0.974. The van der Waals surface area contributed by atoms with E-state index in [1.807, 2.05) is 0 Å². The molecule has 1 rings (SSSR count). The highest BCUT2D eigenvalue weighted by Gasteiger charge is 2.13. The summed E-state index contributed by atoms with van der Waals surface area (Å²) in [6.07, 6.45) is 0. The molecule has 3 nitrogen and oxygen atoms in total. The molecular formula is C8H5F3O3. The lowest BCUT2D eigenvalue weighted by molar-refractivity contribution is -0.137. The zero-order chi connectivity index (χ0) is 10.7. The third-order valence-electron chi connectivity index (χ3n) is 1.33. The summed E-state index contributed by atoms with van der Waals surface area (Å²) in [6, 6.07) is 0.632. The molecule has 0 saturated carbocycles. The van der Waals surface area contributed by atoms with Crippen LogP contribution in [0.2, 0.25) is 0 Å². The molecule has 0 aliphatic heterocycles. The number of hydrogen-bond donors (Lipinski definition) is 1. The second-order valence-corrected chi connectivity index (χ2v) is 2.33. The Balaban J connectivity index is 2.98. The van der Waals surface area contributed by atoms with Gasteiger partial charge in [-0.05, 0) is 0 Å². The lowest BCUT2D eigenvalue weighted by Gasteiger charge is -2.03. The second kappa shape index (κ2) is 4.10. The number of ether oxygens (including phenoxy) is 1. The smallest absolute Gasteiger partial charge is 0.337 e. The first-order valence-corrected chi connectivity index (χ1v) is 3.50. The molecule has 0 amide bonds. The van der Waals surface area contributed by atoms with Crippen LogP contribution in [0.25, 0.3) is 0 Å². The van der Waals surface area contributed by atoms with Crippen LogP contribution in [0.1, 0.15) is 0 Å². The molecule has 0 radical (unpaired) electrons. The predicted molar refractivity (Wildman–Crippen MR) is 39.0 cm³/mol. The van der Waals surface area contributed by atoms with Gasteiger partial charge in [0.1, 0.15) is 6.61 Å². The SMILES string of the molecule is O=C(CO)Oc1cc(F)c(F)cc1F. The molecule has 1 aromatic carbocycles. The molecular weight excluding hydrogens is 201 g/mol. The van der Waals surface area contributed by atoms with E-state index in [9.17, 15) is 18.0 Å². The van der Waals surface area contributed by atoms with Gasteiger partial charge < -0.3 is 9.84 Å². The monoisotopic (exact) mass is 206 g/mol. The summed E-state index contributed by atoms with van der Waals surface area (Å²) in [5.41, 5.74) is 0. The summed E-state index contributed by atoms with van der Waals surface area (Å²) < 4.78 is 41.8. The molecule has 0 aromatic heterocycles. The highest BCUT2D eigenvalue weighted by molar-refractivity contribution is 5.73. The number of benzene rings is 1. The molecule has 6 heteroatoms. The first-order valence-electron chi connectivity index (χ1n) is 3.50. The average Bonchev–Trinajstić information content (AvgIpc) is 2.14. The van der Waals surface area contributed by atoms with Crippen molar-refractivity contribution in [2.75, 3.05) is 6.61 Å². The molecule has 1 N–H and O–H groups in total. The third-order valence-corrected chi connectivity index (χ3v) is 1.33. The average molecular weight is 206 g/mol. The minimum absolute atomic E-state index is 0.245. The van der Waals surface area contributed by atoms with Crippen molar-refractivity contribution >= 4 is 5.97 Å². The van der Waals surface area contributed by atoms with Crippen LogP contribution in [-0.4, -0.2) is 17.7 Å². The summed E-state index contributed by atoms with van der Waals surface area (Å²) in [5.74, 6) is -5.86. The van der Waals surface area contributed by atoms with Gasteiger partial charge in [0, 0.05) is 12.1 Å². The summed E-state index contributed by atoms with van der Waals surface area (Å²) in [4.78, 5) is 10.5. The van der Waals surface area contributed by atoms with Gasteiger partial charge in [0.05, 0.1) is 0 Å². The number of rotatable bonds is 2. The summed E-state index contributed by atoms with van der Waals surface area (Å²) >= 11 is 0. The van der Waals surface area contributed by atoms with E-state index in [4.69, 9.17) is 5.11 Å². The maximum Gasteiger partial charge on any atom is 0.337 e. The molecule has 0 heterocycles. The van der Waals surface area contributed by atoms with Crippen LogP contribution < -0.4 is 4.74 Å². The Morgan fingerprint density at radius 1 is 1.21 bits per heavy atom. The van der Waals surface area contributed by atoms with E-state index in [0.717, 1.165) is 0 Å². The van der Waals surface area contributed by atoms with Crippen molar-refractivity contribution < 1.29 is 27.8 Å². The Morgan fingerprint density at radius 2 is 1.79 bits per heavy atom. The fourth-order valence-corrected chi connectivity index (χ4v) is 0.737. The van der Waals surface area contributed by atoms with Gasteiger partial charge in [0.2, 0.25) is 0 Å². The van der Waals surface area contributed by atoms with Gasteiger partial charge in [-0.25, -0.2) is 18.0 Å². The molecule has 0 unspecified atom stereocenters. The first-order chi connectivity index (χ1) is 6.54. The lowest BCUT2D eigenvalue weighted by atomic mass is 10.3. The highest BCUT2D eigenvalue weighted by Crippen LogP contribution is 2.20. The number of esters is 1. The van der Waals surface area contributed by atoms with Crippen molar-refractivity contribution in [3.63, 3.8) is 0 Å². The zero-order valence-corrected chi connectivity index (χ0v) is 6.76. The van der Waals surface area contributed by atoms with Crippen molar-refractivity contribution in [1.82, 2.24) is 0 Å². The zero-order valence-electron chi connectivity index (χ0n) is 6.76. The first kappa shape index (κ1) is 10.5. The van der Waals surface area contributed by atoms with E-state index in [1.54, 1.807) is 0 Å². The van der Waals surface area contributed by atoms with Gasteiger partial charge in [-0.2, -0.15) is 0 Å². The van der Waals surface area contributed by atoms with Crippen molar-refractivity contribution in [2.45, 2.75) is 0 Å². The fourth-order valence-electron chi connectivity index (χ4n) is 0.737. The number of aliphatic hydroxyl groups is 1. The summed E-state index contributed by atoms with van der Waals surface area (Å²) in [7, 11) is 0. The fraction of sp³-hybridized carbons (Fsp3) is 0.125. The molecule has 0 bridgehead atoms. The van der Waals surface area contributed by atoms with E-state index in [0.29, 0.717) is 6.07 Å². The van der Waals surface area contributed by atoms with E-state index < -0.39 is 35.8 Å². The van der Waals surface area contributed by atoms with Crippen molar-refractivity contribution in [3.8, 4) is 5.75 Å². The van der Waals surface area contributed by atoms with E-state index in [1.165, 1.54) is 0 Å². The lowest BCUT2D eigenvalue weighted by Crippen LogP contribution is -2.13.